The fourth-order valence-electron chi connectivity index (χ4n) is 2.62. The second-order valence-corrected chi connectivity index (χ2v) is 8.50. The molecule has 0 bridgehead atoms. The van der Waals surface area contributed by atoms with Gasteiger partial charge >= 0.3 is 12.0 Å². The van der Waals surface area contributed by atoms with Gasteiger partial charge in [0.15, 0.2) is 14.6 Å². The molecule has 0 aliphatic carbocycles. The predicted molar refractivity (Wildman–Crippen MR) is 84.9 cm³/mol. The van der Waals surface area contributed by atoms with Gasteiger partial charge in [0.05, 0.1) is 13.2 Å². The van der Waals surface area contributed by atoms with Crippen molar-refractivity contribution in [1.82, 2.24) is 9.47 Å². The molecule has 23 heavy (non-hydrogen) atoms. The molecular weight excluding hydrogens is 320 g/mol. The standard InChI is InChI=1S/C15H22N2O5S/c1-5-22-13(18)15(3,23(4,20)21)6-7-16-10-12-8-11(2)9-17(12)14(16)19/h8-9H,5-7,10H2,1-4H3/t15-/m1/s1. The van der Waals surface area contributed by atoms with Crippen LogP contribution in [0, 0.1) is 6.92 Å². The van der Waals surface area contributed by atoms with Gasteiger partial charge in [0.25, 0.3) is 0 Å². The van der Waals surface area contributed by atoms with E-state index in [0.29, 0.717) is 6.54 Å². The molecule has 1 aliphatic rings. The van der Waals surface area contributed by atoms with Crippen LogP contribution in [0.4, 0.5) is 4.79 Å². The van der Waals surface area contributed by atoms with Gasteiger partial charge in [0.2, 0.25) is 0 Å². The van der Waals surface area contributed by atoms with E-state index in [1.165, 1.54) is 11.8 Å². The fourth-order valence-corrected chi connectivity index (χ4v) is 3.44. The number of amides is 1. The van der Waals surface area contributed by atoms with E-state index in [-0.39, 0.29) is 25.6 Å². The molecule has 0 fully saturated rings. The molecule has 0 radical (unpaired) electrons. The summed E-state index contributed by atoms with van der Waals surface area (Å²) in [6.45, 7) is 5.57. The third-order valence-corrected chi connectivity index (χ3v) is 6.26. The number of aryl methyl sites for hydroxylation is 1. The Labute approximate surface area is 136 Å². The highest BCUT2D eigenvalue weighted by atomic mass is 32.2. The Bertz CT molecular complexity index is 737. The SMILES string of the molecule is CCOC(=O)[C@@](C)(CCN1Cc2cc(C)cn2C1=O)S(C)(=O)=O. The van der Waals surface area contributed by atoms with Crippen LogP contribution in [-0.4, -0.2) is 54.0 Å². The largest absolute Gasteiger partial charge is 0.465 e. The molecule has 1 aliphatic heterocycles. The van der Waals surface area contributed by atoms with E-state index < -0.39 is 20.6 Å². The van der Waals surface area contributed by atoms with Crippen LogP contribution in [0.15, 0.2) is 12.3 Å². The van der Waals surface area contributed by atoms with Gasteiger partial charge in [0, 0.05) is 24.7 Å². The highest BCUT2D eigenvalue weighted by Crippen LogP contribution is 2.26. The zero-order chi connectivity index (χ0) is 17.4. The van der Waals surface area contributed by atoms with Crippen LogP contribution < -0.4 is 0 Å². The van der Waals surface area contributed by atoms with E-state index in [4.69, 9.17) is 4.74 Å². The topological polar surface area (TPSA) is 85.7 Å². The average Bonchev–Trinajstić information content (AvgIpc) is 2.93. The maximum atomic E-state index is 12.3. The lowest BCUT2D eigenvalue weighted by atomic mass is 10.1. The number of carbonyl (C=O) groups is 2. The average molecular weight is 342 g/mol. The van der Waals surface area contributed by atoms with Gasteiger partial charge < -0.3 is 9.64 Å². The van der Waals surface area contributed by atoms with Crippen LogP contribution >= 0.6 is 0 Å². The first-order valence-corrected chi connectivity index (χ1v) is 9.33. The first kappa shape index (κ1) is 17.5. The van der Waals surface area contributed by atoms with Crippen molar-refractivity contribution in [3.63, 3.8) is 0 Å². The summed E-state index contributed by atoms with van der Waals surface area (Å²) in [5, 5.41) is 0. The lowest BCUT2D eigenvalue weighted by Gasteiger charge is -2.27. The lowest BCUT2D eigenvalue weighted by molar-refractivity contribution is -0.146. The molecule has 0 unspecified atom stereocenters. The minimum atomic E-state index is -3.68. The van der Waals surface area contributed by atoms with E-state index >= 15 is 0 Å². The zero-order valence-electron chi connectivity index (χ0n) is 13.8. The molecule has 1 amide bonds. The zero-order valence-corrected chi connectivity index (χ0v) is 14.6. The van der Waals surface area contributed by atoms with Crippen molar-refractivity contribution in [2.75, 3.05) is 19.4 Å². The number of rotatable bonds is 6. The maximum absolute atomic E-state index is 12.3. The van der Waals surface area contributed by atoms with Crippen molar-refractivity contribution in [3.05, 3.63) is 23.5 Å². The third-order valence-electron chi connectivity index (χ3n) is 4.25. The summed E-state index contributed by atoms with van der Waals surface area (Å²) in [7, 11) is -3.68. The van der Waals surface area contributed by atoms with Crippen molar-refractivity contribution >= 4 is 21.8 Å². The Kier molecular flexibility index (Phi) is 4.57. The van der Waals surface area contributed by atoms with E-state index in [0.717, 1.165) is 17.5 Å². The summed E-state index contributed by atoms with van der Waals surface area (Å²) < 4.78 is 28.9. The van der Waals surface area contributed by atoms with Crippen LogP contribution in [0.2, 0.25) is 0 Å². The molecule has 0 saturated carbocycles. The summed E-state index contributed by atoms with van der Waals surface area (Å²) in [4.78, 5) is 25.9. The van der Waals surface area contributed by atoms with Gasteiger partial charge in [-0.2, -0.15) is 0 Å². The van der Waals surface area contributed by atoms with E-state index in [1.54, 1.807) is 17.7 Å². The first-order chi connectivity index (χ1) is 10.6. The Hall–Kier alpha value is -1.83. The Morgan fingerprint density at radius 2 is 2.09 bits per heavy atom. The minimum absolute atomic E-state index is 0.000221. The van der Waals surface area contributed by atoms with Gasteiger partial charge in [-0.1, -0.05) is 0 Å². The van der Waals surface area contributed by atoms with Crippen molar-refractivity contribution in [2.24, 2.45) is 0 Å². The number of carbonyl (C=O) groups excluding carboxylic acids is 2. The molecule has 128 valence electrons. The van der Waals surface area contributed by atoms with Crippen LogP contribution in [-0.2, 0) is 25.9 Å². The Morgan fingerprint density at radius 3 is 2.61 bits per heavy atom. The second kappa shape index (κ2) is 5.99. The summed E-state index contributed by atoms with van der Waals surface area (Å²) in [5.41, 5.74) is 1.87. The fraction of sp³-hybridized carbons (Fsp3) is 0.600. The van der Waals surface area contributed by atoms with Gasteiger partial charge in [-0.25, -0.2) is 13.2 Å². The summed E-state index contributed by atoms with van der Waals surface area (Å²) >= 11 is 0. The molecule has 0 saturated heterocycles. The number of hydrogen-bond donors (Lipinski definition) is 0. The molecule has 0 spiro atoms. The van der Waals surface area contributed by atoms with E-state index in [9.17, 15) is 18.0 Å². The van der Waals surface area contributed by atoms with Gasteiger partial charge in [0.1, 0.15) is 0 Å². The molecule has 8 heteroatoms. The summed E-state index contributed by atoms with van der Waals surface area (Å²) in [6.07, 6.45) is 2.77. The highest BCUT2D eigenvalue weighted by molar-refractivity contribution is 7.92. The third kappa shape index (κ3) is 3.12. The minimum Gasteiger partial charge on any atom is -0.465 e. The Balaban J connectivity index is 2.13. The van der Waals surface area contributed by atoms with Crippen molar-refractivity contribution in [1.29, 1.82) is 0 Å². The number of nitrogens with zero attached hydrogens (tertiary/aromatic N) is 2. The lowest BCUT2D eigenvalue weighted by Crippen LogP contribution is -2.47. The first-order valence-electron chi connectivity index (χ1n) is 7.44. The highest BCUT2D eigenvalue weighted by Gasteiger charge is 2.45. The smallest absolute Gasteiger partial charge is 0.328 e. The van der Waals surface area contributed by atoms with Crippen LogP contribution in [0.1, 0.15) is 31.5 Å². The number of esters is 1. The van der Waals surface area contributed by atoms with Crippen molar-refractivity contribution < 1.29 is 22.7 Å². The van der Waals surface area contributed by atoms with Gasteiger partial charge in [-0.15, -0.1) is 0 Å². The number of sulfone groups is 1. The monoisotopic (exact) mass is 342 g/mol. The second-order valence-electron chi connectivity index (χ2n) is 6.06. The Morgan fingerprint density at radius 1 is 1.43 bits per heavy atom. The maximum Gasteiger partial charge on any atom is 0.328 e. The molecule has 2 heterocycles. The number of aromatic nitrogens is 1. The number of ether oxygens (including phenoxy) is 1. The van der Waals surface area contributed by atoms with Gasteiger partial charge in [-0.3, -0.25) is 9.36 Å². The molecule has 2 rings (SSSR count). The number of fused-ring (bicyclic) bond motifs is 1. The molecule has 1 aromatic heterocycles. The molecule has 0 N–H and O–H groups in total. The van der Waals surface area contributed by atoms with Gasteiger partial charge in [-0.05, 0) is 38.8 Å². The van der Waals surface area contributed by atoms with Crippen LogP contribution in [0.3, 0.4) is 0 Å². The van der Waals surface area contributed by atoms with Crippen LogP contribution in [0.5, 0.6) is 0 Å². The summed E-state index contributed by atoms with van der Waals surface area (Å²) in [6, 6.07) is 1.71. The quantitative estimate of drug-likeness (QED) is 0.728. The summed E-state index contributed by atoms with van der Waals surface area (Å²) in [5.74, 6) is -0.774. The van der Waals surface area contributed by atoms with E-state index in [2.05, 4.69) is 0 Å². The van der Waals surface area contributed by atoms with Crippen molar-refractivity contribution in [3.8, 4) is 0 Å². The predicted octanol–water partition coefficient (Wildman–Crippen LogP) is 1.34. The molecular formula is C15H22N2O5S. The molecule has 0 aromatic carbocycles. The number of hydrogen-bond acceptors (Lipinski definition) is 5. The molecule has 1 aromatic rings. The van der Waals surface area contributed by atoms with Crippen molar-refractivity contribution in [2.45, 2.75) is 38.5 Å². The molecule has 7 nitrogen and oxygen atoms in total. The molecule has 1 atom stereocenters. The normalized spacial score (nSPS) is 17.0. The van der Waals surface area contributed by atoms with E-state index in [1.807, 2.05) is 13.0 Å². The van der Waals surface area contributed by atoms with Crippen LogP contribution in [0.25, 0.3) is 0 Å².